The number of ether oxygens (including phenoxy) is 1. The van der Waals surface area contributed by atoms with Crippen molar-refractivity contribution >= 4 is 21.6 Å². The van der Waals surface area contributed by atoms with Gasteiger partial charge in [-0.05, 0) is 31.0 Å². The highest BCUT2D eigenvalue weighted by Crippen LogP contribution is 2.31. The van der Waals surface area contributed by atoms with E-state index >= 15 is 0 Å². The summed E-state index contributed by atoms with van der Waals surface area (Å²) >= 11 is 1.79. The Hall–Kier alpha value is -1.13. The van der Waals surface area contributed by atoms with Crippen molar-refractivity contribution in [3.05, 3.63) is 23.2 Å². The van der Waals surface area contributed by atoms with Gasteiger partial charge in [-0.3, -0.25) is 0 Å². The van der Waals surface area contributed by atoms with Crippen LogP contribution in [-0.2, 0) is 6.42 Å². The monoisotopic (exact) mass is 276 g/mol. The van der Waals surface area contributed by atoms with Gasteiger partial charge >= 0.3 is 0 Å². The summed E-state index contributed by atoms with van der Waals surface area (Å²) in [5, 5.41) is 4.54. The van der Waals surface area contributed by atoms with Crippen molar-refractivity contribution in [3.63, 3.8) is 0 Å². The molecule has 1 saturated heterocycles. The molecule has 0 spiro atoms. The van der Waals surface area contributed by atoms with Crippen LogP contribution in [-0.4, -0.2) is 24.2 Å². The molecule has 0 amide bonds. The van der Waals surface area contributed by atoms with E-state index in [1.54, 1.807) is 11.3 Å². The maximum atomic E-state index is 6.09. The van der Waals surface area contributed by atoms with Gasteiger partial charge in [0.25, 0.3) is 0 Å². The van der Waals surface area contributed by atoms with Crippen LogP contribution >= 0.6 is 11.3 Å². The van der Waals surface area contributed by atoms with E-state index in [0.717, 1.165) is 37.2 Å². The van der Waals surface area contributed by atoms with E-state index in [-0.39, 0.29) is 0 Å². The van der Waals surface area contributed by atoms with Crippen molar-refractivity contribution in [2.75, 3.05) is 13.1 Å². The second-order valence-electron chi connectivity index (χ2n) is 5.54. The van der Waals surface area contributed by atoms with Crippen LogP contribution in [0.2, 0.25) is 0 Å². The fourth-order valence-corrected chi connectivity index (χ4v) is 3.61. The zero-order chi connectivity index (χ0) is 13.2. The smallest absolute Gasteiger partial charge is 0.146 e. The first-order valence-corrected chi connectivity index (χ1v) is 7.80. The molecule has 1 unspecified atom stereocenters. The Kier molecular flexibility index (Phi) is 3.71. The standard InChI is InChI=1S/C15H20N2OS/c1-10(2)8-14-17-15-12(4-3-5-13(15)19-14)18-11-6-7-16-9-11/h3-5,10-11,16H,6-9H2,1-2H3. The summed E-state index contributed by atoms with van der Waals surface area (Å²) in [6, 6.07) is 6.24. The van der Waals surface area contributed by atoms with Gasteiger partial charge in [-0.1, -0.05) is 19.9 Å². The number of hydrogen-bond acceptors (Lipinski definition) is 4. The van der Waals surface area contributed by atoms with Crippen LogP contribution in [0.25, 0.3) is 10.2 Å². The molecule has 1 aromatic heterocycles. The predicted octanol–water partition coefficient (Wildman–Crippen LogP) is 3.24. The lowest BCUT2D eigenvalue weighted by atomic mass is 10.1. The molecule has 0 bridgehead atoms. The molecule has 2 heterocycles. The molecule has 1 aliphatic rings. The Morgan fingerprint density at radius 1 is 1.47 bits per heavy atom. The van der Waals surface area contributed by atoms with E-state index in [0.29, 0.717) is 12.0 Å². The van der Waals surface area contributed by atoms with Crippen LogP contribution in [0.4, 0.5) is 0 Å². The van der Waals surface area contributed by atoms with Crippen molar-refractivity contribution in [2.24, 2.45) is 5.92 Å². The lowest BCUT2D eigenvalue weighted by molar-refractivity contribution is 0.225. The van der Waals surface area contributed by atoms with Gasteiger partial charge in [-0.25, -0.2) is 4.98 Å². The summed E-state index contributed by atoms with van der Waals surface area (Å²) in [5.41, 5.74) is 1.04. The Labute approximate surface area is 118 Å². The quantitative estimate of drug-likeness (QED) is 0.931. The summed E-state index contributed by atoms with van der Waals surface area (Å²) in [5.74, 6) is 1.58. The number of thiazole rings is 1. The Balaban J connectivity index is 1.88. The average molecular weight is 276 g/mol. The molecular formula is C15H20N2OS. The fourth-order valence-electron chi connectivity index (χ4n) is 2.41. The summed E-state index contributed by atoms with van der Waals surface area (Å²) in [4.78, 5) is 4.77. The number of benzene rings is 1. The number of nitrogens with zero attached hydrogens (tertiary/aromatic N) is 1. The maximum absolute atomic E-state index is 6.09. The van der Waals surface area contributed by atoms with Crippen molar-refractivity contribution in [2.45, 2.75) is 32.8 Å². The van der Waals surface area contributed by atoms with Gasteiger partial charge in [0.2, 0.25) is 0 Å². The van der Waals surface area contributed by atoms with Gasteiger partial charge < -0.3 is 10.1 Å². The first-order valence-electron chi connectivity index (χ1n) is 6.98. The molecule has 2 aromatic rings. The molecule has 1 N–H and O–H groups in total. The minimum absolute atomic E-state index is 0.292. The third kappa shape index (κ3) is 2.90. The average Bonchev–Trinajstić information content (AvgIpc) is 2.97. The van der Waals surface area contributed by atoms with Gasteiger partial charge in [0.1, 0.15) is 17.4 Å². The molecule has 1 aliphatic heterocycles. The minimum Gasteiger partial charge on any atom is -0.487 e. The molecule has 1 aromatic carbocycles. The van der Waals surface area contributed by atoms with E-state index in [9.17, 15) is 0 Å². The lowest BCUT2D eigenvalue weighted by Crippen LogP contribution is -2.19. The van der Waals surface area contributed by atoms with Crippen molar-refractivity contribution in [1.82, 2.24) is 10.3 Å². The molecule has 1 fully saturated rings. The third-order valence-electron chi connectivity index (χ3n) is 3.32. The van der Waals surface area contributed by atoms with E-state index in [4.69, 9.17) is 9.72 Å². The van der Waals surface area contributed by atoms with E-state index in [1.165, 1.54) is 9.71 Å². The summed E-state index contributed by atoms with van der Waals surface area (Å²) in [7, 11) is 0. The normalized spacial score (nSPS) is 19.4. The molecule has 0 saturated carbocycles. The minimum atomic E-state index is 0.292. The van der Waals surface area contributed by atoms with Crippen LogP contribution in [0.3, 0.4) is 0 Å². The Bertz CT molecular complexity index is 558. The van der Waals surface area contributed by atoms with Gasteiger partial charge in [0, 0.05) is 13.0 Å². The van der Waals surface area contributed by atoms with Gasteiger partial charge in [-0.2, -0.15) is 0 Å². The highest BCUT2D eigenvalue weighted by atomic mass is 32.1. The molecule has 0 radical (unpaired) electrons. The molecule has 3 nitrogen and oxygen atoms in total. The number of para-hydroxylation sites is 1. The first kappa shape index (κ1) is 12.9. The van der Waals surface area contributed by atoms with Crippen LogP contribution in [0.15, 0.2) is 18.2 Å². The SMILES string of the molecule is CC(C)Cc1nc2c(OC3CCNC3)cccc2s1. The predicted molar refractivity (Wildman–Crippen MR) is 80.1 cm³/mol. The van der Waals surface area contributed by atoms with Crippen molar-refractivity contribution in [3.8, 4) is 5.75 Å². The van der Waals surface area contributed by atoms with E-state index in [1.807, 2.05) is 6.07 Å². The fraction of sp³-hybridized carbons (Fsp3) is 0.533. The van der Waals surface area contributed by atoms with Gasteiger partial charge in [0.05, 0.1) is 9.71 Å². The summed E-state index contributed by atoms with van der Waals surface area (Å²) in [6.07, 6.45) is 2.42. The van der Waals surface area contributed by atoms with E-state index < -0.39 is 0 Å². The largest absolute Gasteiger partial charge is 0.487 e. The zero-order valence-corrected chi connectivity index (χ0v) is 12.3. The highest BCUT2D eigenvalue weighted by molar-refractivity contribution is 7.18. The molecule has 4 heteroatoms. The topological polar surface area (TPSA) is 34.1 Å². The van der Waals surface area contributed by atoms with Crippen LogP contribution in [0.1, 0.15) is 25.3 Å². The Morgan fingerprint density at radius 3 is 3.11 bits per heavy atom. The molecule has 19 heavy (non-hydrogen) atoms. The molecular weight excluding hydrogens is 256 g/mol. The highest BCUT2D eigenvalue weighted by Gasteiger charge is 2.18. The molecule has 0 aliphatic carbocycles. The van der Waals surface area contributed by atoms with Gasteiger partial charge in [-0.15, -0.1) is 11.3 Å². The van der Waals surface area contributed by atoms with Crippen LogP contribution in [0.5, 0.6) is 5.75 Å². The van der Waals surface area contributed by atoms with Crippen molar-refractivity contribution < 1.29 is 4.74 Å². The first-order chi connectivity index (χ1) is 9.22. The van der Waals surface area contributed by atoms with E-state index in [2.05, 4.69) is 31.3 Å². The lowest BCUT2D eigenvalue weighted by Gasteiger charge is -2.12. The Morgan fingerprint density at radius 2 is 2.37 bits per heavy atom. The number of fused-ring (bicyclic) bond motifs is 1. The maximum Gasteiger partial charge on any atom is 0.146 e. The van der Waals surface area contributed by atoms with Crippen LogP contribution in [0, 0.1) is 5.92 Å². The molecule has 102 valence electrons. The zero-order valence-electron chi connectivity index (χ0n) is 11.5. The number of rotatable bonds is 4. The third-order valence-corrected chi connectivity index (χ3v) is 4.36. The number of nitrogens with one attached hydrogen (secondary N) is 1. The second-order valence-corrected chi connectivity index (χ2v) is 6.66. The van der Waals surface area contributed by atoms with Crippen LogP contribution < -0.4 is 10.1 Å². The van der Waals surface area contributed by atoms with Crippen molar-refractivity contribution in [1.29, 1.82) is 0 Å². The molecule has 3 rings (SSSR count). The summed E-state index contributed by atoms with van der Waals surface area (Å²) < 4.78 is 7.32. The number of aromatic nitrogens is 1. The van der Waals surface area contributed by atoms with Gasteiger partial charge in [0.15, 0.2) is 0 Å². The number of hydrogen-bond donors (Lipinski definition) is 1. The summed E-state index contributed by atoms with van der Waals surface area (Å²) in [6.45, 7) is 6.46. The molecule has 1 atom stereocenters. The second kappa shape index (κ2) is 5.47.